The molecule has 28 heavy (non-hydrogen) atoms. The maximum atomic E-state index is 13.2. The fourth-order valence-corrected chi connectivity index (χ4v) is 3.61. The Morgan fingerprint density at radius 1 is 1.18 bits per heavy atom. The van der Waals surface area contributed by atoms with E-state index in [1.807, 2.05) is 12.1 Å². The molecular formula is C20H21ClN2O5. The van der Waals surface area contributed by atoms with Gasteiger partial charge in [-0.25, -0.2) is 4.98 Å². The summed E-state index contributed by atoms with van der Waals surface area (Å²) in [6.45, 7) is 0.447. The third kappa shape index (κ3) is 3.89. The van der Waals surface area contributed by atoms with Crippen LogP contribution >= 0.6 is 11.6 Å². The molecule has 0 bridgehead atoms. The molecule has 0 spiro atoms. The molecule has 8 heteroatoms. The van der Waals surface area contributed by atoms with Crippen molar-refractivity contribution in [3.8, 4) is 11.5 Å². The fraction of sp³-hybridized carbons (Fsp3) is 0.350. The van der Waals surface area contributed by atoms with Gasteiger partial charge in [0.1, 0.15) is 5.15 Å². The Morgan fingerprint density at radius 2 is 1.89 bits per heavy atom. The van der Waals surface area contributed by atoms with Crippen LogP contribution < -0.4 is 9.47 Å². The number of benzene rings is 1. The number of nitrogens with zero attached hydrogens (tertiary/aromatic N) is 2. The molecular weight excluding hydrogens is 384 g/mol. The summed E-state index contributed by atoms with van der Waals surface area (Å²) >= 11 is 5.94. The van der Waals surface area contributed by atoms with Crippen LogP contribution in [0.5, 0.6) is 11.5 Å². The number of halogens is 1. The van der Waals surface area contributed by atoms with Crippen molar-refractivity contribution in [2.75, 3.05) is 27.9 Å². The monoisotopic (exact) mass is 404 g/mol. The number of pyridine rings is 1. The van der Waals surface area contributed by atoms with Crippen LogP contribution in [-0.4, -0.2) is 49.6 Å². The molecule has 1 unspecified atom stereocenters. The van der Waals surface area contributed by atoms with Gasteiger partial charge in [0.15, 0.2) is 11.5 Å². The predicted octanol–water partition coefficient (Wildman–Crippen LogP) is 3.05. The maximum Gasteiger partial charge on any atom is 0.307 e. The summed E-state index contributed by atoms with van der Waals surface area (Å²) < 4.78 is 15.6. The van der Waals surface area contributed by atoms with Crippen molar-refractivity contribution in [2.24, 2.45) is 0 Å². The highest BCUT2D eigenvalue weighted by Crippen LogP contribution is 2.40. The zero-order chi connectivity index (χ0) is 20.3. The van der Waals surface area contributed by atoms with E-state index in [0.29, 0.717) is 30.0 Å². The van der Waals surface area contributed by atoms with Gasteiger partial charge in [0.25, 0.3) is 5.91 Å². The summed E-state index contributed by atoms with van der Waals surface area (Å²) in [5, 5.41) is 0.235. The number of carbonyl (C=O) groups is 2. The number of amides is 1. The van der Waals surface area contributed by atoms with Crippen LogP contribution in [0, 0.1) is 0 Å². The van der Waals surface area contributed by atoms with Gasteiger partial charge in [-0.05, 0) is 41.8 Å². The molecule has 0 fully saturated rings. The lowest BCUT2D eigenvalue weighted by Crippen LogP contribution is -2.41. The quantitative estimate of drug-likeness (QED) is 0.563. The molecule has 0 radical (unpaired) electrons. The van der Waals surface area contributed by atoms with Crippen LogP contribution in [0.25, 0.3) is 0 Å². The van der Waals surface area contributed by atoms with Gasteiger partial charge in [0.05, 0.1) is 33.8 Å². The minimum absolute atomic E-state index is 0.0313. The van der Waals surface area contributed by atoms with Gasteiger partial charge in [-0.3, -0.25) is 9.59 Å². The van der Waals surface area contributed by atoms with Crippen molar-refractivity contribution in [1.82, 2.24) is 9.88 Å². The summed E-state index contributed by atoms with van der Waals surface area (Å²) in [7, 11) is 4.45. The molecule has 2 heterocycles. The molecule has 2 aromatic rings. The van der Waals surface area contributed by atoms with Crippen molar-refractivity contribution in [2.45, 2.75) is 18.9 Å². The van der Waals surface area contributed by atoms with Gasteiger partial charge in [-0.2, -0.15) is 0 Å². The lowest BCUT2D eigenvalue weighted by atomic mass is 9.89. The number of fused-ring (bicyclic) bond motifs is 1. The van der Waals surface area contributed by atoms with Crippen LogP contribution in [-0.2, 0) is 16.0 Å². The van der Waals surface area contributed by atoms with Crippen LogP contribution in [0.3, 0.4) is 0 Å². The van der Waals surface area contributed by atoms with Gasteiger partial charge in [0.2, 0.25) is 0 Å². The van der Waals surface area contributed by atoms with Gasteiger partial charge in [-0.1, -0.05) is 11.6 Å². The second-order valence-corrected chi connectivity index (χ2v) is 6.71. The van der Waals surface area contributed by atoms with Gasteiger partial charge < -0.3 is 19.1 Å². The van der Waals surface area contributed by atoms with Gasteiger partial charge in [-0.15, -0.1) is 0 Å². The van der Waals surface area contributed by atoms with Crippen LogP contribution in [0.1, 0.15) is 33.9 Å². The minimum Gasteiger partial charge on any atom is -0.493 e. The lowest BCUT2D eigenvalue weighted by molar-refractivity contribution is -0.141. The molecule has 1 aromatic carbocycles. The van der Waals surface area contributed by atoms with E-state index in [2.05, 4.69) is 4.98 Å². The third-order valence-electron chi connectivity index (χ3n) is 4.82. The Bertz CT molecular complexity index is 902. The Balaban J connectivity index is 2.04. The van der Waals surface area contributed by atoms with Crippen molar-refractivity contribution >= 4 is 23.5 Å². The Morgan fingerprint density at radius 3 is 2.54 bits per heavy atom. The molecule has 1 aliphatic heterocycles. The van der Waals surface area contributed by atoms with E-state index in [4.69, 9.17) is 25.8 Å². The standard InChI is InChI=1S/C20H21ClN2O5/c1-26-16-8-12-5-7-23(20(25)13-4-6-22-18(21)9-13)15(11-19(24)28-3)14(12)10-17(16)27-2/h4,6,8-10,15H,5,7,11H2,1-3H3. The first-order valence-electron chi connectivity index (χ1n) is 8.72. The summed E-state index contributed by atoms with van der Waals surface area (Å²) in [5.74, 6) is 0.521. The largest absolute Gasteiger partial charge is 0.493 e. The topological polar surface area (TPSA) is 78.0 Å². The second-order valence-electron chi connectivity index (χ2n) is 6.32. The van der Waals surface area contributed by atoms with E-state index in [1.54, 1.807) is 25.2 Å². The van der Waals surface area contributed by atoms with E-state index in [1.165, 1.54) is 19.4 Å². The second kappa shape index (κ2) is 8.48. The Labute approximate surface area is 168 Å². The maximum absolute atomic E-state index is 13.2. The molecule has 1 atom stereocenters. The smallest absolute Gasteiger partial charge is 0.307 e. The van der Waals surface area contributed by atoms with E-state index >= 15 is 0 Å². The number of hydrogen-bond donors (Lipinski definition) is 0. The SMILES string of the molecule is COC(=O)CC1c2cc(OC)c(OC)cc2CCN1C(=O)c1ccnc(Cl)c1. The first kappa shape index (κ1) is 19.9. The van der Waals surface area contributed by atoms with Crippen molar-refractivity contribution < 1.29 is 23.8 Å². The average molecular weight is 405 g/mol. The molecule has 0 aliphatic carbocycles. The highest BCUT2D eigenvalue weighted by molar-refractivity contribution is 6.29. The highest BCUT2D eigenvalue weighted by Gasteiger charge is 2.34. The normalized spacial score (nSPS) is 15.6. The Kier molecular flexibility index (Phi) is 6.04. The van der Waals surface area contributed by atoms with Crippen molar-refractivity contribution in [1.29, 1.82) is 0 Å². The number of hydrogen-bond acceptors (Lipinski definition) is 6. The lowest BCUT2D eigenvalue weighted by Gasteiger charge is -2.37. The summed E-state index contributed by atoms with van der Waals surface area (Å²) in [5.41, 5.74) is 2.25. The highest BCUT2D eigenvalue weighted by atomic mass is 35.5. The zero-order valence-electron chi connectivity index (χ0n) is 15.9. The summed E-state index contributed by atoms with van der Waals surface area (Å²) in [4.78, 5) is 30.8. The number of carbonyl (C=O) groups excluding carboxylic acids is 2. The third-order valence-corrected chi connectivity index (χ3v) is 5.03. The van der Waals surface area contributed by atoms with E-state index in [0.717, 1.165) is 11.1 Å². The predicted molar refractivity (Wildman–Crippen MR) is 103 cm³/mol. The molecule has 3 rings (SSSR count). The van der Waals surface area contributed by atoms with E-state index in [9.17, 15) is 9.59 Å². The number of esters is 1. The van der Waals surface area contributed by atoms with Gasteiger partial charge >= 0.3 is 5.97 Å². The molecule has 148 valence electrons. The number of methoxy groups -OCH3 is 3. The number of ether oxygens (including phenoxy) is 3. The van der Waals surface area contributed by atoms with E-state index < -0.39 is 12.0 Å². The molecule has 1 aliphatic rings. The zero-order valence-corrected chi connectivity index (χ0v) is 16.7. The number of aromatic nitrogens is 1. The summed E-state index contributed by atoms with van der Waals surface area (Å²) in [6, 6.07) is 6.34. The van der Waals surface area contributed by atoms with Gasteiger partial charge in [0, 0.05) is 18.3 Å². The van der Waals surface area contributed by atoms with E-state index in [-0.39, 0.29) is 17.5 Å². The van der Waals surface area contributed by atoms with Crippen molar-refractivity contribution in [3.05, 3.63) is 52.3 Å². The molecule has 0 N–H and O–H groups in total. The first-order valence-corrected chi connectivity index (χ1v) is 9.10. The number of rotatable bonds is 5. The minimum atomic E-state index is -0.490. The average Bonchev–Trinajstić information content (AvgIpc) is 2.72. The Hall–Kier alpha value is -2.80. The molecule has 0 saturated heterocycles. The molecule has 0 saturated carbocycles. The molecule has 1 amide bonds. The van der Waals surface area contributed by atoms with Crippen molar-refractivity contribution in [3.63, 3.8) is 0 Å². The molecule has 1 aromatic heterocycles. The van der Waals surface area contributed by atoms with Crippen LogP contribution in [0.2, 0.25) is 5.15 Å². The molecule has 7 nitrogen and oxygen atoms in total. The van der Waals surface area contributed by atoms with Crippen LogP contribution in [0.4, 0.5) is 0 Å². The first-order chi connectivity index (χ1) is 13.5. The summed E-state index contributed by atoms with van der Waals surface area (Å²) in [6.07, 6.45) is 2.14. The van der Waals surface area contributed by atoms with Crippen LogP contribution in [0.15, 0.2) is 30.5 Å². The fourth-order valence-electron chi connectivity index (χ4n) is 3.43.